The molecule has 6 nitrogen and oxygen atoms in total. The smallest absolute Gasteiger partial charge is 0.329 e. The number of aromatic nitrogens is 4. The predicted molar refractivity (Wildman–Crippen MR) is 124 cm³/mol. The topological polar surface area (TPSA) is 60.0 Å². The summed E-state index contributed by atoms with van der Waals surface area (Å²) in [6.45, 7) is 12.8. The van der Waals surface area contributed by atoms with Gasteiger partial charge in [0.05, 0.1) is 11.0 Å². The van der Waals surface area contributed by atoms with Crippen LogP contribution in [0.5, 0.6) is 0 Å². The number of unbranched alkanes of at least 4 members (excludes halogenated alkanes) is 1. The van der Waals surface area contributed by atoms with E-state index in [0.29, 0.717) is 12.1 Å². The molecule has 1 aromatic carbocycles. The van der Waals surface area contributed by atoms with Crippen LogP contribution in [0.1, 0.15) is 70.6 Å². The van der Waals surface area contributed by atoms with Crippen LogP contribution in [0.25, 0.3) is 23.2 Å². The van der Waals surface area contributed by atoms with Gasteiger partial charge in [-0.15, -0.1) is 0 Å². The number of alkyl halides is 3. The maximum Gasteiger partial charge on any atom is 0.471 e. The second kappa shape index (κ2) is 10.5. The van der Waals surface area contributed by atoms with E-state index >= 15 is 0 Å². The normalized spacial score (nSPS) is 12.9. The fourth-order valence-corrected chi connectivity index (χ4v) is 3.99. The lowest BCUT2D eigenvalue weighted by molar-refractivity contribution is -0.159. The van der Waals surface area contributed by atoms with E-state index in [2.05, 4.69) is 58.7 Å². The molecule has 0 fully saturated rings. The van der Waals surface area contributed by atoms with Gasteiger partial charge >= 0.3 is 12.1 Å². The van der Waals surface area contributed by atoms with Crippen LogP contribution in [0.15, 0.2) is 22.7 Å². The summed E-state index contributed by atoms with van der Waals surface area (Å²) in [7, 11) is 0. The van der Waals surface area contributed by atoms with Gasteiger partial charge in [-0.3, -0.25) is 4.90 Å². The highest BCUT2D eigenvalue weighted by Crippen LogP contribution is 2.27. The van der Waals surface area contributed by atoms with Crippen LogP contribution in [0.2, 0.25) is 0 Å². The molecule has 0 amide bonds. The summed E-state index contributed by atoms with van der Waals surface area (Å²) in [6, 6.07) is 6.79. The Morgan fingerprint density at radius 1 is 1.09 bits per heavy atom. The Bertz CT molecular complexity index is 1070. The highest BCUT2D eigenvalue weighted by atomic mass is 19.4. The molecule has 3 aromatic rings. The molecule has 33 heavy (non-hydrogen) atoms. The molecule has 0 N–H and O–H groups in total. The lowest BCUT2D eigenvalue weighted by atomic mass is 10.2. The molecule has 180 valence electrons. The van der Waals surface area contributed by atoms with Crippen LogP contribution >= 0.6 is 0 Å². The summed E-state index contributed by atoms with van der Waals surface area (Å²) < 4.78 is 44.5. The molecule has 2 heterocycles. The quantitative estimate of drug-likeness (QED) is 0.365. The average Bonchev–Trinajstić information content (AvgIpc) is 3.35. The van der Waals surface area contributed by atoms with Gasteiger partial charge < -0.3 is 9.09 Å². The fourth-order valence-electron chi connectivity index (χ4n) is 3.99. The maximum atomic E-state index is 12.6. The zero-order chi connectivity index (χ0) is 24.2. The highest BCUT2D eigenvalue weighted by Gasteiger charge is 2.38. The molecule has 0 atom stereocenters. The Morgan fingerprint density at radius 2 is 1.82 bits per heavy atom. The molecule has 0 aliphatic carbocycles. The predicted octanol–water partition coefficient (Wildman–Crippen LogP) is 6.07. The van der Waals surface area contributed by atoms with Crippen molar-refractivity contribution < 1.29 is 17.7 Å². The molecule has 3 rings (SSSR count). The first kappa shape index (κ1) is 25.0. The van der Waals surface area contributed by atoms with Gasteiger partial charge in [-0.25, -0.2) is 4.98 Å². The third-order valence-electron chi connectivity index (χ3n) is 5.62. The van der Waals surface area contributed by atoms with Crippen LogP contribution in [0, 0.1) is 0 Å². The maximum absolute atomic E-state index is 12.6. The molecule has 0 bridgehead atoms. The van der Waals surface area contributed by atoms with Crippen molar-refractivity contribution in [3.63, 3.8) is 0 Å². The molecule has 0 aliphatic rings. The molecule has 0 saturated heterocycles. The van der Waals surface area contributed by atoms with Crippen molar-refractivity contribution in [1.82, 2.24) is 24.6 Å². The number of nitrogens with zero attached hydrogens (tertiary/aromatic N) is 5. The van der Waals surface area contributed by atoms with Crippen molar-refractivity contribution in [3.05, 3.63) is 41.3 Å². The molecular formula is C24H32F3N5O. The van der Waals surface area contributed by atoms with Crippen LogP contribution < -0.4 is 0 Å². The summed E-state index contributed by atoms with van der Waals surface area (Å²) >= 11 is 0. The van der Waals surface area contributed by atoms with Gasteiger partial charge in [0, 0.05) is 31.6 Å². The fraction of sp³-hybridized carbons (Fsp3) is 0.542. The minimum Gasteiger partial charge on any atom is -0.329 e. The molecule has 0 saturated carbocycles. The van der Waals surface area contributed by atoms with E-state index in [1.807, 2.05) is 18.2 Å². The second-order valence-electron chi connectivity index (χ2n) is 8.75. The van der Waals surface area contributed by atoms with Crippen LogP contribution in [0.4, 0.5) is 13.2 Å². The van der Waals surface area contributed by atoms with Gasteiger partial charge in [-0.2, -0.15) is 18.2 Å². The van der Waals surface area contributed by atoms with Crippen LogP contribution in [-0.2, 0) is 19.1 Å². The van der Waals surface area contributed by atoms with E-state index in [4.69, 9.17) is 4.98 Å². The van der Waals surface area contributed by atoms with Gasteiger partial charge in [0.15, 0.2) is 5.82 Å². The molecule has 0 spiro atoms. The Morgan fingerprint density at radius 3 is 2.42 bits per heavy atom. The Balaban J connectivity index is 1.86. The van der Waals surface area contributed by atoms with E-state index in [0.717, 1.165) is 54.8 Å². The van der Waals surface area contributed by atoms with Crippen molar-refractivity contribution in [3.8, 4) is 0 Å². The standard InChI is InChI=1S/C24H32F3N5O/c1-6-7-8-22-28-19-15-18(10-12-21-29-23(33-30-21)24(25,26)27)9-11-20(19)32(22)14-13-31(16(2)3)17(4)5/h9-12,15-17H,6-8,13-14H2,1-5H3/b12-10+. The zero-order valence-electron chi connectivity index (χ0n) is 19.9. The Hall–Kier alpha value is -2.68. The van der Waals surface area contributed by atoms with E-state index in [1.54, 1.807) is 6.08 Å². The Labute approximate surface area is 192 Å². The number of halogens is 3. The minimum atomic E-state index is -4.65. The molecule has 0 aliphatic heterocycles. The van der Waals surface area contributed by atoms with Crippen LogP contribution in [0.3, 0.4) is 0 Å². The van der Waals surface area contributed by atoms with Gasteiger partial charge in [-0.1, -0.05) is 30.6 Å². The van der Waals surface area contributed by atoms with Crippen molar-refractivity contribution in [1.29, 1.82) is 0 Å². The Kier molecular flexibility index (Phi) is 7.94. The first-order chi connectivity index (χ1) is 15.6. The first-order valence-electron chi connectivity index (χ1n) is 11.4. The molecule has 0 radical (unpaired) electrons. The number of fused-ring (bicyclic) bond motifs is 1. The van der Waals surface area contributed by atoms with Gasteiger partial charge in [-0.05, 0) is 57.9 Å². The van der Waals surface area contributed by atoms with E-state index in [1.165, 1.54) is 6.08 Å². The number of hydrogen-bond acceptors (Lipinski definition) is 5. The second-order valence-corrected chi connectivity index (χ2v) is 8.75. The van der Waals surface area contributed by atoms with Gasteiger partial charge in [0.1, 0.15) is 5.82 Å². The summed E-state index contributed by atoms with van der Waals surface area (Å²) in [5, 5.41) is 3.36. The van der Waals surface area contributed by atoms with E-state index < -0.39 is 12.1 Å². The lowest BCUT2D eigenvalue weighted by Crippen LogP contribution is -2.39. The summed E-state index contributed by atoms with van der Waals surface area (Å²) in [5.41, 5.74) is 2.73. The number of hydrogen-bond donors (Lipinski definition) is 0. The average molecular weight is 464 g/mol. The molecule has 0 unspecified atom stereocenters. The largest absolute Gasteiger partial charge is 0.471 e. The first-order valence-corrected chi connectivity index (χ1v) is 11.4. The zero-order valence-corrected chi connectivity index (χ0v) is 19.9. The number of imidazole rings is 1. The third kappa shape index (κ3) is 6.22. The van der Waals surface area contributed by atoms with Gasteiger partial charge in [0.25, 0.3) is 0 Å². The van der Waals surface area contributed by atoms with Crippen molar-refractivity contribution in [2.45, 2.75) is 78.7 Å². The van der Waals surface area contributed by atoms with E-state index in [-0.39, 0.29) is 5.82 Å². The van der Waals surface area contributed by atoms with Crippen molar-refractivity contribution >= 4 is 23.2 Å². The lowest BCUT2D eigenvalue weighted by Gasteiger charge is -2.30. The molecular weight excluding hydrogens is 431 g/mol. The minimum absolute atomic E-state index is 0.126. The molecule has 9 heteroatoms. The summed E-state index contributed by atoms with van der Waals surface area (Å²) in [6.07, 6.45) is 1.47. The van der Waals surface area contributed by atoms with Gasteiger partial charge in [0.2, 0.25) is 0 Å². The number of aryl methyl sites for hydroxylation is 1. The highest BCUT2D eigenvalue weighted by molar-refractivity contribution is 5.81. The summed E-state index contributed by atoms with van der Waals surface area (Å²) in [4.78, 5) is 10.7. The van der Waals surface area contributed by atoms with Crippen molar-refractivity contribution in [2.24, 2.45) is 0 Å². The van der Waals surface area contributed by atoms with Crippen molar-refractivity contribution in [2.75, 3.05) is 6.54 Å². The number of rotatable bonds is 10. The SMILES string of the molecule is CCCCc1nc2cc(/C=C/c3noc(C(F)(F)F)n3)ccc2n1CCN(C(C)C)C(C)C. The summed E-state index contributed by atoms with van der Waals surface area (Å²) in [5.74, 6) is -0.416. The third-order valence-corrected chi connectivity index (χ3v) is 5.62. The molecule has 2 aromatic heterocycles. The van der Waals surface area contributed by atoms with Crippen LogP contribution in [-0.4, -0.2) is 43.2 Å². The van der Waals surface area contributed by atoms with E-state index in [9.17, 15) is 13.2 Å². The monoisotopic (exact) mass is 463 g/mol. The number of benzene rings is 1.